The predicted molar refractivity (Wildman–Crippen MR) is 110 cm³/mol. The molecule has 5 atom stereocenters. The average molecular weight is 379 g/mol. The molecule has 28 heavy (non-hydrogen) atoms. The fraction of sp³-hybridized carbons (Fsp3) is 0.560. The lowest BCUT2D eigenvalue weighted by molar-refractivity contribution is -0.163. The third-order valence-corrected chi connectivity index (χ3v) is 7.90. The quantitative estimate of drug-likeness (QED) is 0.420. The summed E-state index contributed by atoms with van der Waals surface area (Å²) >= 11 is 0. The number of hydrogen-bond donors (Lipinski definition) is 0. The summed E-state index contributed by atoms with van der Waals surface area (Å²) in [6.45, 7) is 7.69. The molecule has 0 bridgehead atoms. The SMILES string of the molecule is C#CC1(OC(=O)C(=C)C)CC[C@H]2[C@@H]3CCc4cc(OC)ccc4[C@H]3CC[C@@]21C. The Morgan fingerprint density at radius 3 is 2.75 bits per heavy atom. The van der Waals surface area contributed by atoms with Crippen molar-refractivity contribution in [1.82, 2.24) is 0 Å². The number of hydrogen-bond acceptors (Lipinski definition) is 3. The zero-order chi connectivity index (χ0) is 20.1. The van der Waals surface area contributed by atoms with E-state index in [0.29, 0.717) is 23.3 Å². The molecule has 0 aromatic heterocycles. The predicted octanol–water partition coefficient (Wildman–Crippen LogP) is 5.04. The van der Waals surface area contributed by atoms with Crippen molar-refractivity contribution >= 4 is 5.97 Å². The van der Waals surface area contributed by atoms with Gasteiger partial charge in [-0.3, -0.25) is 0 Å². The first kappa shape index (κ1) is 19.1. The highest BCUT2D eigenvalue weighted by molar-refractivity contribution is 5.87. The van der Waals surface area contributed by atoms with Gasteiger partial charge in [0.25, 0.3) is 0 Å². The van der Waals surface area contributed by atoms with Gasteiger partial charge in [-0.1, -0.05) is 25.5 Å². The first-order chi connectivity index (χ1) is 13.3. The van der Waals surface area contributed by atoms with Gasteiger partial charge in [0.1, 0.15) is 5.75 Å². The minimum atomic E-state index is -0.807. The van der Waals surface area contributed by atoms with Crippen LogP contribution in [0.3, 0.4) is 0 Å². The Balaban J connectivity index is 1.66. The number of rotatable bonds is 3. The second-order valence-corrected chi connectivity index (χ2v) is 9.12. The summed E-state index contributed by atoms with van der Waals surface area (Å²) in [5, 5.41) is 0. The fourth-order valence-electron chi connectivity index (χ4n) is 6.36. The molecule has 0 N–H and O–H groups in total. The van der Waals surface area contributed by atoms with Gasteiger partial charge in [-0.2, -0.15) is 0 Å². The normalized spacial score (nSPS) is 35.7. The van der Waals surface area contributed by atoms with Crippen molar-refractivity contribution in [2.45, 2.75) is 63.9 Å². The van der Waals surface area contributed by atoms with Crippen molar-refractivity contribution in [3.05, 3.63) is 41.5 Å². The van der Waals surface area contributed by atoms with Crippen LogP contribution in [0.4, 0.5) is 0 Å². The monoisotopic (exact) mass is 378 g/mol. The maximum Gasteiger partial charge on any atom is 0.334 e. The minimum Gasteiger partial charge on any atom is -0.497 e. The number of benzene rings is 1. The van der Waals surface area contributed by atoms with Crippen molar-refractivity contribution in [3.63, 3.8) is 0 Å². The highest BCUT2D eigenvalue weighted by Crippen LogP contribution is 2.65. The molecule has 1 aromatic carbocycles. The lowest BCUT2D eigenvalue weighted by Gasteiger charge is -2.52. The van der Waals surface area contributed by atoms with Gasteiger partial charge in [0.2, 0.25) is 0 Å². The first-order valence-electron chi connectivity index (χ1n) is 10.4. The number of fused-ring (bicyclic) bond motifs is 5. The third kappa shape index (κ3) is 2.61. The van der Waals surface area contributed by atoms with E-state index in [0.717, 1.165) is 37.9 Å². The van der Waals surface area contributed by atoms with E-state index in [2.05, 4.69) is 37.6 Å². The van der Waals surface area contributed by atoms with E-state index in [9.17, 15) is 4.79 Å². The van der Waals surface area contributed by atoms with Crippen LogP contribution in [-0.4, -0.2) is 18.7 Å². The summed E-state index contributed by atoms with van der Waals surface area (Å²) in [6.07, 6.45) is 12.1. The maximum absolute atomic E-state index is 12.4. The fourth-order valence-corrected chi connectivity index (χ4v) is 6.36. The lowest BCUT2D eigenvalue weighted by atomic mass is 9.53. The molecule has 3 heteroatoms. The minimum absolute atomic E-state index is 0.169. The summed E-state index contributed by atoms with van der Waals surface area (Å²) in [5.74, 6) is 5.16. The topological polar surface area (TPSA) is 35.5 Å². The molecule has 2 fully saturated rings. The zero-order valence-electron chi connectivity index (χ0n) is 17.2. The van der Waals surface area contributed by atoms with Crippen LogP contribution in [0.5, 0.6) is 5.75 Å². The third-order valence-electron chi connectivity index (χ3n) is 7.90. The van der Waals surface area contributed by atoms with Gasteiger partial charge < -0.3 is 9.47 Å². The van der Waals surface area contributed by atoms with E-state index in [4.69, 9.17) is 15.9 Å². The number of esters is 1. The largest absolute Gasteiger partial charge is 0.497 e. The summed E-state index contributed by atoms with van der Waals surface area (Å²) in [4.78, 5) is 12.4. The highest BCUT2D eigenvalue weighted by atomic mass is 16.6. The van der Waals surface area contributed by atoms with Crippen LogP contribution >= 0.6 is 0 Å². The Morgan fingerprint density at radius 2 is 2.07 bits per heavy atom. The molecule has 3 nitrogen and oxygen atoms in total. The molecule has 4 rings (SSSR count). The molecule has 3 aliphatic rings. The average Bonchev–Trinajstić information content (AvgIpc) is 2.99. The van der Waals surface area contributed by atoms with Crippen LogP contribution in [0, 0.1) is 29.6 Å². The second kappa shape index (κ2) is 6.69. The number of carbonyl (C=O) groups is 1. The van der Waals surface area contributed by atoms with Gasteiger partial charge >= 0.3 is 5.97 Å². The molecule has 0 spiro atoms. The van der Waals surface area contributed by atoms with E-state index in [1.807, 2.05) is 0 Å². The van der Waals surface area contributed by atoms with E-state index in [-0.39, 0.29) is 11.4 Å². The molecule has 0 saturated heterocycles. The zero-order valence-corrected chi connectivity index (χ0v) is 17.2. The number of methoxy groups -OCH3 is 1. The van der Waals surface area contributed by atoms with Gasteiger partial charge in [0, 0.05) is 11.0 Å². The Morgan fingerprint density at radius 1 is 1.29 bits per heavy atom. The number of terminal acetylenes is 1. The van der Waals surface area contributed by atoms with Gasteiger partial charge in [-0.05, 0) is 86.5 Å². The molecule has 1 aromatic rings. The van der Waals surface area contributed by atoms with Gasteiger partial charge in [0.05, 0.1) is 7.11 Å². The molecule has 1 unspecified atom stereocenters. The standard InChI is InChI=1S/C25H30O3/c1-6-25(28-23(26)16(2)3)14-12-22-21-9-7-17-15-18(27-5)8-10-19(17)20(21)11-13-24(22,25)4/h1,8,10,15,20-22H,2,7,9,11-14H2,3-5H3/t20-,21-,22+,24+,25?/m1/s1. The summed E-state index contributed by atoms with van der Waals surface area (Å²) in [7, 11) is 1.73. The first-order valence-corrected chi connectivity index (χ1v) is 10.4. The van der Waals surface area contributed by atoms with Crippen molar-refractivity contribution in [2.75, 3.05) is 7.11 Å². The molecule has 148 valence electrons. The van der Waals surface area contributed by atoms with E-state index >= 15 is 0 Å². The second-order valence-electron chi connectivity index (χ2n) is 9.12. The Kier molecular flexibility index (Phi) is 4.57. The van der Waals surface area contributed by atoms with E-state index in [1.165, 1.54) is 17.5 Å². The maximum atomic E-state index is 12.4. The molecule has 0 aliphatic heterocycles. The molecule has 0 amide bonds. The van der Waals surface area contributed by atoms with Crippen LogP contribution in [-0.2, 0) is 16.0 Å². The Bertz CT molecular complexity index is 863. The van der Waals surface area contributed by atoms with E-state index < -0.39 is 5.60 Å². The van der Waals surface area contributed by atoms with Crippen LogP contribution in [0.15, 0.2) is 30.4 Å². The van der Waals surface area contributed by atoms with Crippen LogP contribution < -0.4 is 4.74 Å². The Labute approximate surface area is 168 Å². The molecular formula is C25H30O3. The summed E-state index contributed by atoms with van der Waals surface area (Å²) in [6, 6.07) is 6.55. The van der Waals surface area contributed by atoms with Gasteiger partial charge in [-0.25, -0.2) is 4.79 Å². The number of ether oxygens (including phenoxy) is 2. The smallest absolute Gasteiger partial charge is 0.334 e. The van der Waals surface area contributed by atoms with Crippen LogP contribution in [0.2, 0.25) is 0 Å². The number of aryl methyl sites for hydroxylation is 1. The van der Waals surface area contributed by atoms with Crippen molar-refractivity contribution in [1.29, 1.82) is 0 Å². The van der Waals surface area contributed by atoms with Gasteiger partial charge in [-0.15, -0.1) is 6.42 Å². The molecule has 0 radical (unpaired) electrons. The van der Waals surface area contributed by atoms with Crippen molar-refractivity contribution in [3.8, 4) is 18.1 Å². The summed E-state index contributed by atoms with van der Waals surface area (Å²) < 4.78 is 11.4. The number of carbonyl (C=O) groups excluding carboxylic acids is 1. The lowest BCUT2D eigenvalue weighted by Crippen LogP contribution is -2.52. The molecule has 3 aliphatic carbocycles. The molecule has 0 heterocycles. The van der Waals surface area contributed by atoms with Crippen LogP contribution in [0.1, 0.15) is 63.0 Å². The molecular weight excluding hydrogens is 348 g/mol. The summed E-state index contributed by atoms with van der Waals surface area (Å²) in [5.41, 5.74) is 2.35. The highest BCUT2D eigenvalue weighted by Gasteiger charge is 2.63. The Hall–Kier alpha value is -2.21. The van der Waals surface area contributed by atoms with Gasteiger partial charge in [0.15, 0.2) is 5.60 Å². The van der Waals surface area contributed by atoms with Crippen LogP contribution in [0.25, 0.3) is 0 Å². The molecule has 2 saturated carbocycles. The van der Waals surface area contributed by atoms with E-state index in [1.54, 1.807) is 14.0 Å². The van der Waals surface area contributed by atoms with Crippen molar-refractivity contribution < 1.29 is 14.3 Å². The van der Waals surface area contributed by atoms with Crippen molar-refractivity contribution in [2.24, 2.45) is 17.3 Å².